The van der Waals surface area contributed by atoms with Gasteiger partial charge in [0, 0.05) is 13.2 Å². The summed E-state index contributed by atoms with van der Waals surface area (Å²) in [6.07, 6.45) is 2.39. The third-order valence-corrected chi connectivity index (χ3v) is 1.84. The van der Waals surface area contributed by atoms with Gasteiger partial charge in [-0.1, -0.05) is 6.92 Å². The fourth-order valence-electron chi connectivity index (χ4n) is 1.02. The number of carboxylic acids is 1. The molecule has 0 unspecified atom stereocenters. The predicted octanol–water partition coefficient (Wildman–Crippen LogP) is 1.60. The van der Waals surface area contributed by atoms with Gasteiger partial charge >= 0.3 is 11.9 Å². The molecule has 0 bridgehead atoms. The summed E-state index contributed by atoms with van der Waals surface area (Å²) in [5.41, 5.74) is 0. The van der Waals surface area contributed by atoms with Gasteiger partial charge in [0.2, 0.25) is 0 Å². The van der Waals surface area contributed by atoms with Gasteiger partial charge in [0.25, 0.3) is 0 Å². The van der Waals surface area contributed by atoms with E-state index >= 15 is 0 Å². The molecule has 0 fully saturated rings. The number of hydrogen-bond donors (Lipinski definition) is 1. The Kier molecular flexibility index (Phi) is 9.70. The Labute approximate surface area is 95.7 Å². The van der Waals surface area contributed by atoms with Crippen molar-refractivity contribution in [1.82, 2.24) is 0 Å². The Hall–Kier alpha value is -1.10. The van der Waals surface area contributed by atoms with Gasteiger partial charge in [0.15, 0.2) is 0 Å². The Morgan fingerprint density at radius 2 is 1.75 bits per heavy atom. The normalized spacial score (nSPS) is 10.1. The molecule has 0 aromatic carbocycles. The maximum absolute atomic E-state index is 11.0. The van der Waals surface area contributed by atoms with Crippen molar-refractivity contribution in [2.24, 2.45) is 0 Å². The summed E-state index contributed by atoms with van der Waals surface area (Å²) in [4.78, 5) is 21.1. The van der Waals surface area contributed by atoms with Crippen molar-refractivity contribution in [2.45, 2.75) is 39.0 Å². The number of aliphatic carboxylic acids is 1. The molecule has 0 radical (unpaired) electrons. The molecule has 0 atom stereocenters. The van der Waals surface area contributed by atoms with Crippen molar-refractivity contribution in [3.63, 3.8) is 0 Å². The van der Waals surface area contributed by atoms with Crippen molar-refractivity contribution in [1.29, 1.82) is 0 Å². The molecule has 0 rings (SSSR count). The lowest BCUT2D eigenvalue weighted by Crippen LogP contribution is -2.09. The van der Waals surface area contributed by atoms with E-state index in [1.165, 1.54) is 0 Å². The van der Waals surface area contributed by atoms with E-state index in [-0.39, 0.29) is 12.8 Å². The first kappa shape index (κ1) is 14.9. The van der Waals surface area contributed by atoms with Gasteiger partial charge in [-0.05, 0) is 19.3 Å². The van der Waals surface area contributed by atoms with Crippen LogP contribution in [0.2, 0.25) is 0 Å². The second-order valence-corrected chi connectivity index (χ2v) is 3.43. The highest BCUT2D eigenvalue weighted by atomic mass is 16.5. The molecule has 0 amide bonds. The van der Waals surface area contributed by atoms with Gasteiger partial charge in [0.05, 0.1) is 19.4 Å². The minimum Gasteiger partial charge on any atom is -0.481 e. The molecule has 0 saturated carbocycles. The van der Waals surface area contributed by atoms with Crippen LogP contribution in [0.4, 0.5) is 0 Å². The zero-order valence-corrected chi connectivity index (χ0v) is 9.74. The quantitative estimate of drug-likeness (QED) is 0.457. The average Bonchev–Trinajstić information content (AvgIpc) is 2.25. The van der Waals surface area contributed by atoms with Gasteiger partial charge in [-0.25, -0.2) is 0 Å². The molecule has 0 aromatic heterocycles. The molecule has 0 heterocycles. The first-order valence-electron chi connectivity index (χ1n) is 5.62. The van der Waals surface area contributed by atoms with Gasteiger partial charge in [0.1, 0.15) is 0 Å². The van der Waals surface area contributed by atoms with Crippen molar-refractivity contribution in [3.8, 4) is 0 Å². The van der Waals surface area contributed by atoms with Crippen LogP contribution >= 0.6 is 0 Å². The fraction of sp³-hybridized carbons (Fsp3) is 0.818. The number of esters is 1. The summed E-state index contributed by atoms with van der Waals surface area (Å²) in [6.45, 7) is 3.83. The van der Waals surface area contributed by atoms with Crippen LogP contribution in [0.15, 0.2) is 0 Å². The van der Waals surface area contributed by atoms with E-state index in [2.05, 4.69) is 0 Å². The molecular formula is C11H20O5. The van der Waals surface area contributed by atoms with Gasteiger partial charge in [-0.3, -0.25) is 9.59 Å². The Morgan fingerprint density at radius 1 is 1.06 bits per heavy atom. The number of hydrogen-bond acceptors (Lipinski definition) is 4. The van der Waals surface area contributed by atoms with Crippen molar-refractivity contribution >= 4 is 11.9 Å². The van der Waals surface area contributed by atoms with Crippen molar-refractivity contribution < 1.29 is 24.2 Å². The second kappa shape index (κ2) is 10.4. The van der Waals surface area contributed by atoms with Crippen LogP contribution in [-0.4, -0.2) is 36.9 Å². The van der Waals surface area contributed by atoms with Crippen LogP contribution in [-0.2, 0) is 19.1 Å². The van der Waals surface area contributed by atoms with Crippen LogP contribution in [0.5, 0.6) is 0 Å². The second-order valence-electron chi connectivity index (χ2n) is 3.43. The lowest BCUT2D eigenvalue weighted by molar-refractivity contribution is -0.147. The maximum Gasteiger partial charge on any atom is 0.306 e. The lowest BCUT2D eigenvalue weighted by atomic mass is 10.3. The highest BCUT2D eigenvalue weighted by molar-refractivity contribution is 5.76. The van der Waals surface area contributed by atoms with Gasteiger partial charge in [-0.15, -0.1) is 0 Å². The minimum absolute atomic E-state index is 0.0539. The van der Waals surface area contributed by atoms with E-state index in [4.69, 9.17) is 14.6 Å². The minimum atomic E-state index is -0.982. The Morgan fingerprint density at radius 3 is 2.38 bits per heavy atom. The number of carbonyl (C=O) groups excluding carboxylic acids is 1. The smallest absolute Gasteiger partial charge is 0.306 e. The van der Waals surface area contributed by atoms with Crippen LogP contribution in [0.3, 0.4) is 0 Å². The average molecular weight is 232 g/mol. The van der Waals surface area contributed by atoms with E-state index in [0.717, 1.165) is 25.9 Å². The van der Waals surface area contributed by atoms with E-state index in [0.29, 0.717) is 13.2 Å². The third-order valence-electron chi connectivity index (χ3n) is 1.84. The number of carboxylic acid groups (broad SMARTS) is 1. The highest BCUT2D eigenvalue weighted by Gasteiger charge is 2.05. The van der Waals surface area contributed by atoms with Gasteiger partial charge in [-0.2, -0.15) is 0 Å². The zero-order chi connectivity index (χ0) is 12.2. The lowest BCUT2D eigenvalue weighted by Gasteiger charge is -2.04. The van der Waals surface area contributed by atoms with Crippen molar-refractivity contribution in [3.05, 3.63) is 0 Å². The highest BCUT2D eigenvalue weighted by Crippen LogP contribution is 1.96. The summed E-state index contributed by atoms with van der Waals surface area (Å²) in [5.74, 6) is -1.43. The molecule has 16 heavy (non-hydrogen) atoms. The standard InChI is InChI=1S/C11H20O5/c1-2-7-15-8-3-4-9-16-11(14)6-5-10(12)13/h2-9H2,1H3,(H,12,13). The van der Waals surface area contributed by atoms with Crippen molar-refractivity contribution in [2.75, 3.05) is 19.8 Å². The summed E-state index contributed by atoms with van der Waals surface area (Å²) < 4.78 is 10.1. The molecule has 0 saturated heterocycles. The summed E-state index contributed by atoms with van der Waals surface area (Å²) in [6, 6.07) is 0. The van der Waals surface area contributed by atoms with Gasteiger partial charge < -0.3 is 14.6 Å². The first-order chi connectivity index (χ1) is 7.66. The molecule has 5 nitrogen and oxygen atoms in total. The number of unbranched alkanes of at least 4 members (excludes halogenated alkanes) is 1. The number of rotatable bonds is 10. The monoisotopic (exact) mass is 232 g/mol. The third kappa shape index (κ3) is 11.0. The molecule has 94 valence electrons. The first-order valence-corrected chi connectivity index (χ1v) is 5.62. The van der Waals surface area contributed by atoms with Crippen LogP contribution in [0.1, 0.15) is 39.0 Å². The largest absolute Gasteiger partial charge is 0.481 e. The molecule has 5 heteroatoms. The molecule has 0 aliphatic rings. The SMILES string of the molecule is CCCOCCCCOC(=O)CCC(=O)O. The fourth-order valence-corrected chi connectivity index (χ4v) is 1.02. The van der Waals surface area contributed by atoms with E-state index < -0.39 is 11.9 Å². The van der Waals surface area contributed by atoms with Crippen LogP contribution in [0, 0.1) is 0 Å². The summed E-state index contributed by atoms with van der Waals surface area (Å²) in [5, 5.41) is 8.33. The maximum atomic E-state index is 11.0. The van der Waals surface area contributed by atoms with E-state index in [1.54, 1.807) is 0 Å². The summed E-state index contributed by atoms with van der Waals surface area (Å²) >= 11 is 0. The molecule has 1 N–H and O–H groups in total. The number of carbonyl (C=O) groups is 2. The molecular weight excluding hydrogens is 212 g/mol. The predicted molar refractivity (Wildman–Crippen MR) is 58.2 cm³/mol. The molecule has 0 spiro atoms. The topological polar surface area (TPSA) is 72.8 Å². The van der Waals surface area contributed by atoms with Crippen LogP contribution in [0.25, 0.3) is 0 Å². The molecule has 0 aliphatic carbocycles. The summed E-state index contributed by atoms with van der Waals surface area (Å²) in [7, 11) is 0. The van der Waals surface area contributed by atoms with Crippen LogP contribution < -0.4 is 0 Å². The molecule has 0 aromatic rings. The number of ether oxygens (including phenoxy) is 2. The Bertz CT molecular complexity index is 203. The van der Waals surface area contributed by atoms with E-state index in [9.17, 15) is 9.59 Å². The Balaban J connectivity index is 3.18. The zero-order valence-electron chi connectivity index (χ0n) is 9.74. The van der Waals surface area contributed by atoms with E-state index in [1.807, 2.05) is 6.92 Å². The molecule has 0 aliphatic heterocycles.